The topological polar surface area (TPSA) is 35.6 Å². The van der Waals surface area contributed by atoms with Gasteiger partial charge in [0.15, 0.2) is 0 Å². The third-order valence-corrected chi connectivity index (χ3v) is 4.20. The predicted molar refractivity (Wildman–Crippen MR) is 68.9 cm³/mol. The van der Waals surface area contributed by atoms with Gasteiger partial charge in [-0.2, -0.15) is 0 Å². The van der Waals surface area contributed by atoms with Crippen LogP contribution in [0.3, 0.4) is 0 Å². The van der Waals surface area contributed by atoms with Crippen molar-refractivity contribution in [1.29, 1.82) is 0 Å². The first-order chi connectivity index (χ1) is 8.14. The monoisotopic (exact) mass is 239 g/mol. The van der Waals surface area contributed by atoms with Gasteiger partial charge in [-0.15, -0.1) is 0 Å². The predicted octanol–water partition coefficient (Wildman–Crippen LogP) is 0.540. The van der Waals surface area contributed by atoms with Crippen molar-refractivity contribution >= 4 is 5.91 Å². The Morgan fingerprint density at radius 3 is 2.65 bits per heavy atom. The summed E-state index contributed by atoms with van der Waals surface area (Å²) in [7, 11) is 4.17. The average Bonchev–Trinajstić information content (AvgIpc) is 2.59. The highest BCUT2D eigenvalue weighted by molar-refractivity contribution is 5.85. The van der Waals surface area contributed by atoms with Crippen molar-refractivity contribution in [3.8, 4) is 0 Å². The SMILES string of the molecule is CN(C)CCCN1CCC2(CCNCC2)C1=O. The molecule has 4 nitrogen and oxygen atoms in total. The zero-order chi connectivity index (χ0) is 12.3. The van der Waals surface area contributed by atoms with Gasteiger partial charge in [-0.05, 0) is 59.4 Å². The lowest BCUT2D eigenvalue weighted by Crippen LogP contribution is -2.43. The fraction of sp³-hybridized carbons (Fsp3) is 0.923. The van der Waals surface area contributed by atoms with Crippen LogP contribution in [0.25, 0.3) is 0 Å². The van der Waals surface area contributed by atoms with Crippen LogP contribution in [-0.2, 0) is 4.79 Å². The maximum Gasteiger partial charge on any atom is 0.228 e. The summed E-state index contributed by atoms with van der Waals surface area (Å²) in [6.45, 7) is 5.01. The van der Waals surface area contributed by atoms with E-state index in [1.54, 1.807) is 0 Å². The Morgan fingerprint density at radius 1 is 1.29 bits per heavy atom. The Kier molecular flexibility index (Phi) is 4.05. The van der Waals surface area contributed by atoms with E-state index in [-0.39, 0.29) is 5.41 Å². The number of carbonyl (C=O) groups excluding carboxylic acids is 1. The Balaban J connectivity index is 1.84. The minimum Gasteiger partial charge on any atom is -0.342 e. The number of nitrogens with one attached hydrogen (secondary N) is 1. The summed E-state index contributed by atoms with van der Waals surface area (Å²) in [5.41, 5.74) is 0.00334. The van der Waals surface area contributed by atoms with Crippen LogP contribution in [0.1, 0.15) is 25.7 Å². The third kappa shape index (κ3) is 2.80. The molecule has 0 aliphatic carbocycles. The lowest BCUT2D eigenvalue weighted by Gasteiger charge is -2.32. The molecule has 0 aromatic heterocycles. The molecule has 0 aromatic carbocycles. The molecular weight excluding hydrogens is 214 g/mol. The zero-order valence-electron chi connectivity index (χ0n) is 11.2. The van der Waals surface area contributed by atoms with E-state index >= 15 is 0 Å². The molecule has 0 saturated carbocycles. The summed E-state index contributed by atoms with van der Waals surface area (Å²) in [5, 5.41) is 3.35. The van der Waals surface area contributed by atoms with Gasteiger partial charge in [0.25, 0.3) is 0 Å². The highest BCUT2D eigenvalue weighted by Crippen LogP contribution is 2.39. The van der Waals surface area contributed by atoms with Gasteiger partial charge in [-0.25, -0.2) is 0 Å². The number of likely N-dealkylation sites (tertiary alicyclic amines) is 1. The number of nitrogens with zero attached hydrogens (tertiary/aromatic N) is 2. The molecule has 1 amide bonds. The second-order valence-corrected chi connectivity index (χ2v) is 5.73. The fourth-order valence-corrected chi connectivity index (χ4v) is 3.05. The molecule has 2 heterocycles. The first kappa shape index (κ1) is 12.8. The van der Waals surface area contributed by atoms with Crippen LogP contribution in [0.5, 0.6) is 0 Å². The minimum atomic E-state index is 0.00334. The Morgan fingerprint density at radius 2 is 2.00 bits per heavy atom. The van der Waals surface area contributed by atoms with Crippen molar-refractivity contribution in [3.63, 3.8) is 0 Å². The van der Waals surface area contributed by atoms with Crippen molar-refractivity contribution < 1.29 is 4.79 Å². The summed E-state index contributed by atoms with van der Waals surface area (Å²) >= 11 is 0. The second-order valence-electron chi connectivity index (χ2n) is 5.73. The Labute approximate surface area is 104 Å². The van der Waals surface area contributed by atoms with Gasteiger partial charge in [-0.3, -0.25) is 4.79 Å². The molecule has 0 atom stereocenters. The molecule has 0 radical (unpaired) electrons. The van der Waals surface area contributed by atoms with Crippen LogP contribution in [-0.4, -0.2) is 62.5 Å². The number of amides is 1. The molecule has 0 bridgehead atoms. The third-order valence-electron chi connectivity index (χ3n) is 4.20. The number of piperidine rings is 1. The number of hydrogen-bond acceptors (Lipinski definition) is 3. The maximum atomic E-state index is 12.4. The van der Waals surface area contributed by atoms with E-state index in [4.69, 9.17) is 0 Å². The maximum absolute atomic E-state index is 12.4. The molecule has 98 valence electrons. The Bertz CT molecular complexity index is 272. The molecular formula is C13H25N3O. The van der Waals surface area contributed by atoms with Crippen molar-refractivity contribution in [2.24, 2.45) is 5.41 Å². The van der Waals surface area contributed by atoms with E-state index in [2.05, 4.69) is 29.2 Å². The van der Waals surface area contributed by atoms with Gasteiger partial charge in [-0.1, -0.05) is 0 Å². The van der Waals surface area contributed by atoms with Crippen molar-refractivity contribution in [1.82, 2.24) is 15.1 Å². The van der Waals surface area contributed by atoms with Gasteiger partial charge in [0, 0.05) is 13.1 Å². The van der Waals surface area contributed by atoms with Crippen LogP contribution >= 0.6 is 0 Å². The molecule has 2 fully saturated rings. The highest BCUT2D eigenvalue weighted by atomic mass is 16.2. The molecule has 0 unspecified atom stereocenters. The summed E-state index contributed by atoms with van der Waals surface area (Å²) in [4.78, 5) is 16.7. The quantitative estimate of drug-likeness (QED) is 0.778. The molecule has 0 aromatic rings. The molecule has 4 heteroatoms. The van der Waals surface area contributed by atoms with Crippen LogP contribution in [0.15, 0.2) is 0 Å². The van der Waals surface area contributed by atoms with E-state index in [0.717, 1.165) is 58.4 Å². The standard InChI is InChI=1S/C13H25N3O/c1-15(2)9-3-10-16-11-6-13(12(16)17)4-7-14-8-5-13/h14H,3-11H2,1-2H3. The van der Waals surface area contributed by atoms with E-state index in [1.807, 2.05) is 0 Å². The first-order valence-corrected chi connectivity index (χ1v) is 6.79. The second kappa shape index (κ2) is 5.36. The summed E-state index contributed by atoms with van der Waals surface area (Å²) in [6, 6.07) is 0. The van der Waals surface area contributed by atoms with Crippen LogP contribution in [0.4, 0.5) is 0 Å². The fourth-order valence-electron chi connectivity index (χ4n) is 3.05. The van der Waals surface area contributed by atoms with E-state index in [9.17, 15) is 4.79 Å². The van der Waals surface area contributed by atoms with Gasteiger partial charge in [0.1, 0.15) is 0 Å². The van der Waals surface area contributed by atoms with Crippen LogP contribution < -0.4 is 5.32 Å². The molecule has 1 spiro atoms. The summed E-state index contributed by atoms with van der Waals surface area (Å²) < 4.78 is 0. The van der Waals surface area contributed by atoms with E-state index in [0.29, 0.717) is 5.91 Å². The van der Waals surface area contributed by atoms with Crippen molar-refractivity contribution in [2.45, 2.75) is 25.7 Å². The van der Waals surface area contributed by atoms with Crippen LogP contribution in [0.2, 0.25) is 0 Å². The van der Waals surface area contributed by atoms with Crippen LogP contribution in [0, 0.1) is 5.41 Å². The summed E-state index contributed by atoms with van der Waals surface area (Å²) in [5.74, 6) is 0.428. The molecule has 1 N–H and O–H groups in total. The summed E-state index contributed by atoms with van der Waals surface area (Å²) in [6.07, 6.45) is 4.24. The average molecular weight is 239 g/mol. The molecule has 17 heavy (non-hydrogen) atoms. The smallest absolute Gasteiger partial charge is 0.228 e. The van der Waals surface area contributed by atoms with Gasteiger partial charge >= 0.3 is 0 Å². The lowest BCUT2D eigenvalue weighted by molar-refractivity contribution is -0.137. The van der Waals surface area contributed by atoms with Crippen molar-refractivity contribution in [3.05, 3.63) is 0 Å². The zero-order valence-corrected chi connectivity index (χ0v) is 11.2. The molecule has 2 aliphatic heterocycles. The number of hydrogen-bond donors (Lipinski definition) is 1. The normalized spacial score (nSPS) is 23.9. The van der Waals surface area contributed by atoms with Gasteiger partial charge < -0.3 is 15.1 Å². The van der Waals surface area contributed by atoms with E-state index < -0.39 is 0 Å². The molecule has 2 saturated heterocycles. The van der Waals surface area contributed by atoms with Gasteiger partial charge in [0.2, 0.25) is 5.91 Å². The van der Waals surface area contributed by atoms with E-state index in [1.165, 1.54) is 0 Å². The van der Waals surface area contributed by atoms with Crippen molar-refractivity contribution in [2.75, 3.05) is 46.8 Å². The number of carbonyl (C=O) groups is 1. The Hall–Kier alpha value is -0.610. The lowest BCUT2D eigenvalue weighted by atomic mass is 9.78. The first-order valence-electron chi connectivity index (χ1n) is 6.79. The number of rotatable bonds is 4. The highest BCUT2D eigenvalue weighted by Gasteiger charge is 2.46. The largest absolute Gasteiger partial charge is 0.342 e. The molecule has 2 rings (SSSR count). The van der Waals surface area contributed by atoms with Gasteiger partial charge in [0.05, 0.1) is 5.41 Å². The molecule has 2 aliphatic rings. The minimum absolute atomic E-state index is 0.00334.